The van der Waals surface area contributed by atoms with Crippen LogP contribution in [0.3, 0.4) is 0 Å². The molecule has 3 amide bonds. The quantitative estimate of drug-likeness (QED) is 0.774. The molecule has 0 bridgehead atoms. The second-order valence-corrected chi connectivity index (χ2v) is 7.86. The number of pyridine rings is 1. The van der Waals surface area contributed by atoms with Gasteiger partial charge in [0.15, 0.2) is 0 Å². The smallest absolute Gasteiger partial charge is 0.227 e. The molecule has 0 radical (unpaired) electrons. The van der Waals surface area contributed by atoms with Crippen LogP contribution in [-0.2, 0) is 14.4 Å². The topological polar surface area (TPSA) is 96.6 Å². The van der Waals surface area contributed by atoms with Gasteiger partial charge in [-0.25, -0.2) is 0 Å². The highest BCUT2D eigenvalue weighted by Gasteiger charge is 2.38. The van der Waals surface area contributed by atoms with Gasteiger partial charge in [0.2, 0.25) is 17.7 Å². The molecule has 2 aliphatic heterocycles. The van der Waals surface area contributed by atoms with Gasteiger partial charge in [0.25, 0.3) is 0 Å². The Kier molecular flexibility index (Phi) is 5.47. The molecule has 2 atom stereocenters. The molecule has 2 aromatic rings. The van der Waals surface area contributed by atoms with Gasteiger partial charge in [0.05, 0.1) is 5.92 Å². The number of aromatic nitrogens is 1. The molecule has 0 aliphatic carbocycles. The van der Waals surface area contributed by atoms with Crippen LogP contribution in [0.4, 0.5) is 0 Å². The zero-order chi connectivity index (χ0) is 20.4. The SMILES string of the molecule is NC(=O)C(c1cccc2cnccc12)C(CCN1CCCC1=O)N1CCCC1=O. The van der Waals surface area contributed by atoms with Crippen LogP contribution in [0.5, 0.6) is 0 Å². The number of carbonyl (C=O) groups is 3. The molecule has 29 heavy (non-hydrogen) atoms. The maximum atomic E-state index is 12.7. The first-order chi connectivity index (χ1) is 14.1. The van der Waals surface area contributed by atoms with Crippen LogP contribution in [0.1, 0.15) is 43.6 Å². The molecule has 2 unspecified atom stereocenters. The van der Waals surface area contributed by atoms with Crippen LogP contribution in [0, 0.1) is 0 Å². The summed E-state index contributed by atoms with van der Waals surface area (Å²) >= 11 is 0. The number of fused-ring (bicyclic) bond motifs is 1. The van der Waals surface area contributed by atoms with E-state index in [-0.39, 0.29) is 17.9 Å². The Morgan fingerprint density at radius 2 is 1.90 bits per heavy atom. The van der Waals surface area contributed by atoms with Crippen molar-refractivity contribution in [2.45, 2.75) is 44.1 Å². The first kappa shape index (κ1) is 19.4. The Hall–Kier alpha value is -2.96. The van der Waals surface area contributed by atoms with Gasteiger partial charge in [0, 0.05) is 56.3 Å². The first-order valence-electron chi connectivity index (χ1n) is 10.3. The van der Waals surface area contributed by atoms with E-state index in [0.717, 1.165) is 35.7 Å². The van der Waals surface area contributed by atoms with Crippen molar-refractivity contribution >= 4 is 28.5 Å². The van der Waals surface area contributed by atoms with E-state index in [2.05, 4.69) is 4.98 Å². The standard InChI is InChI=1S/C22H26N4O3/c23-22(29)21(17-5-1-4-15-14-24-10-8-16(15)17)18(26-12-3-7-20(26)28)9-13-25-11-2-6-19(25)27/h1,4-5,8,10,14,18,21H,2-3,6-7,9,11-13H2,(H2,23,29). The third-order valence-corrected chi connectivity index (χ3v) is 6.12. The maximum Gasteiger partial charge on any atom is 0.227 e. The summed E-state index contributed by atoms with van der Waals surface area (Å²) in [5.74, 6) is -0.896. The highest BCUT2D eigenvalue weighted by Crippen LogP contribution is 2.33. The lowest BCUT2D eigenvalue weighted by molar-refractivity contribution is -0.131. The Morgan fingerprint density at radius 1 is 1.10 bits per heavy atom. The van der Waals surface area contributed by atoms with Gasteiger partial charge < -0.3 is 15.5 Å². The third-order valence-electron chi connectivity index (χ3n) is 6.12. The summed E-state index contributed by atoms with van der Waals surface area (Å²) in [7, 11) is 0. The minimum atomic E-state index is -0.638. The lowest BCUT2D eigenvalue weighted by Crippen LogP contribution is -2.46. The number of amides is 3. The summed E-state index contributed by atoms with van der Waals surface area (Å²) < 4.78 is 0. The fourth-order valence-electron chi connectivity index (χ4n) is 4.72. The first-order valence-corrected chi connectivity index (χ1v) is 10.3. The Morgan fingerprint density at radius 3 is 2.59 bits per heavy atom. The van der Waals surface area contributed by atoms with Crippen molar-refractivity contribution < 1.29 is 14.4 Å². The molecule has 0 spiro atoms. The summed E-state index contributed by atoms with van der Waals surface area (Å²) in [6.07, 6.45) is 6.70. The van der Waals surface area contributed by atoms with Gasteiger partial charge in [-0.15, -0.1) is 0 Å². The molecule has 2 N–H and O–H groups in total. The Balaban J connectivity index is 1.71. The second kappa shape index (κ2) is 8.19. The van der Waals surface area contributed by atoms with Crippen LogP contribution >= 0.6 is 0 Å². The monoisotopic (exact) mass is 394 g/mol. The Labute approximate surface area is 169 Å². The van der Waals surface area contributed by atoms with Crippen molar-refractivity contribution in [2.24, 2.45) is 5.73 Å². The number of nitrogens with zero attached hydrogens (tertiary/aromatic N) is 3. The maximum absolute atomic E-state index is 12.7. The second-order valence-electron chi connectivity index (χ2n) is 7.86. The van der Waals surface area contributed by atoms with Crippen molar-refractivity contribution in [3.05, 3.63) is 42.2 Å². The predicted molar refractivity (Wildman–Crippen MR) is 109 cm³/mol. The van der Waals surface area contributed by atoms with Gasteiger partial charge in [-0.2, -0.15) is 0 Å². The van der Waals surface area contributed by atoms with Gasteiger partial charge in [-0.1, -0.05) is 18.2 Å². The van der Waals surface area contributed by atoms with Crippen LogP contribution in [0.25, 0.3) is 10.8 Å². The number of hydrogen-bond donors (Lipinski definition) is 1. The zero-order valence-corrected chi connectivity index (χ0v) is 16.4. The number of primary amides is 1. The zero-order valence-electron chi connectivity index (χ0n) is 16.4. The lowest BCUT2D eigenvalue weighted by Gasteiger charge is -2.35. The molecule has 0 saturated carbocycles. The van der Waals surface area contributed by atoms with E-state index < -0.39 is 11.8 Å². The molecule has 7 nitrogen and oxygen atoms in total. The fourth-order valence-corrected chi connectivity index (χ4v) is 4.72. The summed E-state index contributed by atoms with van der Waals surface area (Å²) in [5, 5.41) is 1.85. The van der Waals surface area contributed by atoms with Crippen molar-refractivity contribution in [1.82, 2.24) is 14.8 Å². The fraction of sp³-hybridized carbons (Fsp3) is 0.455. The van der Waals surface area contributed by atoms with E-state index in [1.807, 2.05) is 29.2 Å². The van der Waals surface area contributed by atoms with Gasteiger partial charge >= 0.3 is 0 Å². The molecule has 4 rings (SSSR count). The summed E-state index contributed by atoms with van der Waals surface area (Å²) in [5.41, 5.74) is 6.73. The number of likely N-dealkylation sites (tertiary alicyclic amines) is 2. The average Bonchev–Trinajstić information content (AvgIpc) is 3.32. The van der Waals surface area contributed by atoms with Crippen molar-refractivity contribution in [2.75, 3.05) is 19.6 Å². The minimum Gasteiger partial charge on any atom is -0.369 e. The average molecular weight is 394 g/mol. The highest BCUT2D eigenvalue weighted by atomic mass is 16.2. The van der Waals surface area contributed by atoms with E-state index in [1.165, 1.54) is 0 Å². The van der Waals surface area contributed by atoms with Gasteiger partial charge in [0.1, 0.15) is 0 Å². The lowest BCUT2D eigenvalue weighted by atomic mass is 9.85. The van der Waals surface area contributed by atoms with Gasteiger partial charge in [-0.3, -0.25) is 19.4 Å². The molecule has 7 heteroatoms. The number of hydrogen-bond acceptors (Lipinski definition) is 4. The summed E-state index contributed by atoms with van der Waals surface area (Å²) in [4.78, 5) is 45.1. The van der Waals surface area contributed by atoms with E-state index >= 15 is 0 Å². The number of nitrogens with two attached hydrogens (primary N) is 1. The van der Waals surface area contributed by atoms with Crippen LogP contribution in [0.15, 0.2) is 36.7 Å². The predicted octanol–water partition coefficient (Wildman–Crippen LogP) is 1.81. The Bertz CT molecular complexity index is 939. The van der Waals surface area contributed by atoms with E-state index in [0.29, 0.717) is 32.4 Å². The number of benzene rings is 1. The molecule has 1 aromatic carbocycles. The van der Waals surface area contributed by atoms with E-state index in [1.54, 1.807) is 17.3 Å². The molecular weight excluding hydrogens is 368 g/mol. The number of rotatable bonds is 7. The van der Waals surface area contributed by atoms with Crippen LogP contribution < -0.4 is 5.73 Å². The third kappa shape index (κ3) is 3.81. The molecule has 1 aromatic heterocycles. The molecule has 2 aliphatic rings. The highest BCUT2D eigenvalue weighted by molar-refractivity contribution is 5.93. The molecule has 2 fully saturated rings. The largest absolute Gasteiger partial charge is 0.369 e. The van der Waals surface area contributed by atoms with Crippen LogP contribution in [-0.4, -0.2) is 58.2 Å². The molecule has 2 saturated heterocycles. The van der Waals surface area contributed by atoms with Crippen molar-refractivity contribution in [3.8, 4) is 0 Å². The van der Waals surface area contributed by atoms with Crippen LogP contribution in [0.2, 0.25) is 0 Å². The number of carbonyl (C=O) groups excluding carboxylic acids is 3. The summed E-state index contributed by atoms with van der Waals surface area (Å²) in [6, 6.07) is 7.26. The van der Waals surface area contributed by atoms with Crippen molar-refractivity contribution in [3.63, 3.8) is 0 Å². The van der Waals surface area contributed by atoms with Gasteiger partial charge in [-0.05, 0) is 36.3 Å². The minimum absolute atomic E-state index is 0.0518. The molecule has 152 valence electrons. The van der Waals surface area contributed by atoms with E-state index in [4.69, 9.17) is 5.73 Å². The summed E-state index contributed by atoms with van der Waals surface area (Å²) in [6.45, 7) is 1.89. The molecule has 3 heterocycles. The normalized spacial score (nSPS) is 19.2. The van der Waals surface area contributed by atoms with Crippen molar-refractivity contribution in [1.29, 1.82) is 0 Å². The molecular formula is C22H26N4O3. The van der Waals surface area contributed by atoms with E-state index in [9.17, 15) is 14.4 Å².